The van der Waals surface area contributed by atoms with Gasteiger partial charge < -0.3 is 8.85 Å². The van der Waals surface area contributed by atoms with Crippen molar-refractivity contribution in [2.45, 2.75) is 25.4 Å². The van der Waals surface area contributed by atoms with Crippen LogP contribution in [0.2, 0.25) is 12.6 Å². The van der Waals surface area contributed by atoms with Crippen LogP contribution in [0.4, 0.5) is 22.0 Å². The van der Waals surface area contributed by atoms with Gasteiger partial charge in [-0.15, -0.1) is 0 Å². The van der Waals surface area contributed by atoms with Gasteiger partial charge in [0, 0.05) is 5.56 Å². The van der Waals surface area contributed by atoms with E-state index in [1.807, 2.05) is 12.2 Å². The molecular weight excluding hydrogens is 323 g/mol. The minimum absolute atomic E-state index is 0.209. The van der Waals surface area contributed by atoms with Crippen LogP contribution in [0.5, 0.6) is 0 Å². The molecule has 0 unspecified atom stereocenters. The second-order valence-corrected chi connectivity index (χ2v) is 8.47. The summed E-state index contributed by atoms with van der Waals surface area (Å²) in [6.07, 6.45) is 3.56. The fraction of sp³-hybridized carbons (Fsp3) is 0.429. The Labute approximate surface area is 125 Å². The fourth-order valence-electron chi connectivity index (χ4n) is 2.23. The molecule has 1 aliphatic heterocycles. The van der Waals surface area contributed by atoms with E-state index in [2.05, 4.69) is 0 Å². The largest absolute Gasteiger partial charge is 0.390 e. The summed E-state index contributed by atoms with van der Waals surface area (Å²) in [4.78, 5) is 0. The van der Waals surface area contributed by atoms with Gasteiger partial charge in [-0.05, 0) is 25.4 Å². The Morgan fingerprint density at radius 1 is 0.864 bits per heavy atom. The van der Waals surface area contributed by atoms with Crippen molar-refractivity contribution in [1.29, 1.82) is 0 Å². The van der Waals surface area contributed by atoms with Crippen LogP contribution in [-0.4, -0.2) is 21.8 Å². The average molecular weight is 338 g/mol. The van der Waals surface area contributed by atoms with Crippen LogP contribution in [0.3, 0.4) is 0 Å². The first kappa shape index (κ1) is 17.1. The van der Waals surface area contributed by atoms with Crippen molar-refractivity contribution in [2.75, 3.05) is 13.2 Å². The van der Waals surface area contributed by atoms with Crippen molar-refractivity contribution in [3.8, 4) is 0 Å². The molecule has 122 valence electrons. The van der Waals surface area contributed by atoms with Gasteiger partial charge in [0.15, 0.2) is 23.3 Å². The van der Waals surface area contributed by atoms with Crippen molar-refractivity contribution >= 4 is 8.56 Å². The van der Waals surface area contributed by atoms with Crippen molar-refractivity contribution in [3.05, 3.63) is 46.8 Å². The zero-order valence-electron chi connectivity index (χ0n) is 11.9. The van der Waals surface area contributed by atoms with Crippen molar-refractivity contribution in [2.24, 2.45) is 0 Å². The third kappa shape index (κ3) is 3.56. The van der Waals surface area contributed by atoms with E-state index in [1.54, 1.807) is 6.55 Å². The summed E-state index contributed by atoms with van der Waals surface area (Å²) in [5.74, 6) is -9.51. The van der Waals surface area contributed by atoms with Gasteiger partial charge >= 0.3 is 8.56 Å². The summed E-state index contributed by atoms with van der Waals surface area (Å²) in [5, 5.41) is 0. The Morgan fingerprint density at radius 2 is 1.32 bits per heavy atom. The first-order valence-corrected chi connectivity index (χ1v) is 9.31. The molecule has 0 aliphatic carbocycles. The number of hydrogen-bond donors (Lipinski definition) is 0. The predicted octanol–water partition coefficient (Wildman–Crippen LogP) is 3.99. The third-order valence-corrected chi connectivity index (χ3v) is 6.31. The van der Waals surface area contributed by atoms with Crippen molar-refractivity contribution < 1.29 is 30.8 Å². The monoisotopic (exact) mass is 338 g/mol. The molecule has 22 heavy (non-hydrogen) atoms. The van der Waals surface area contributed by atoms with Crippen LogP contribution in [0.25, 0.3) is 0 Å². The molecule has 1 aliphatic rings. The Bertz CT molecular complexity index is 552. The van der Waals surface area contributed by atoms with Crippen LogP contribution in [0.15, 0.2) is 12.2 Å². The van der Waals surface area contributed by atoms with Gasteiger partial charge in [-0.3, -0.25) is 0 Å². The van der Waals surface area contributed by atoms with Gasteiger partial charge in [-0.1, -0.05) is 12.2 Å². The van der Waals surface area contributed by atoms with E-state index in [-0.39, 0.29) is 12.8 Å². The number of benzene rings is 1. The topological polar surface area (TPSA) is 18.5 Å². The van der Waals surface area contributed by atoms with Gasteiger partial charge in [0.05, 0.1) is 13.2 Å². The quantitative estimate of drug-likeness (QED) is 0.272. The molecule has 0 N–H and O–H groups in total. The zero-order chi connectivity index (χ0) is 16.3. The molecule has 0 saturated carbocycles. The molecular formula is C14H15F5O2Si. The summed E-state index contributed by atoms with van der Waals surface area (Å²) in [5.41, 5.74) is -0.791. The zero-order valence-corrected chi connectivity index (χ0v) is 12.9. The number of hydrogen-bond acceptors (Lipinski definition) is 2. The number of rotatable bonds is 4. The highest BCUT2D eigenvalue weighted by Gasteiger charge is 2.32. The molecule has 1 heterocycles. The van der Waals surface area contributed by atoms with E-state index in [0.29, 0.717) is 19.3 Å². The second-order valence-electron chi connectivity index (χ2n) is 5.13. The van der Waals surface area contributed by atoms with Crippen LogP contribution in [0, 0.1) is 29.1 Å². The van der Waals surface area contributed by atoms with E-state index < -0.39 is 43.2 Å². The van der Waals surface area contributed by atoms with E-state index in [1.165, 1.54) is 0 Å². The number of halogens is 5. The van der Waals surface area contributed by atoms with Crippen LogP contribution < -0.4 is 0 Å². The maximum Gasteiger partial charge on any atom is 0.335 e. The van der Waals surface area contributed by atoms with Crippen LogP contribution >= 0.6 is 0 Å². The summed E-state index contributed by atoms with van der Waals surface area (Å²) in [6.45, 7) is 2.59. The van der Waals surface area contributed by atoms with Gasteiger partial charge in [0.1, 0.15) is 0 Å². The highest BCUT2D eigenvalue weighted by atomic mass is 28.4. The smallest absolute Gasteiger partial charge is 0.335 e. The minimum Gasteiger partial charge on any atom is -0.390 e. The first-order chi connectivity index (χ1) is 10.4. The van der Waals surface area contributed by atoms with Gasteiger partial charge in [0.25, 0.3) is 0 Å². The normalized spacial score (nSPS) is 17.5. The Kier molecular flexibility index (Phi) is 5.35. The SMILES string of the molecule is C[Si]1(CCCc2c(F)c(F)c(F)c(F)c2F)OCC=CCO1. The molecule has 0 fully saturated rings. The summed E-state index contributed by atoms with van der Waals surface area (Å²) < 4.78 is 77.4. The fourth-order valence-corrected chi connectivity index (χ4v) is 4.32. The lowest BCUT2D eigenvalue weighted by Crippen LogP contribution is -2.38. The van der Waals surface area contributed by atoms with E-state index in [0.717, 1.165) is 0 Å². The standard InChI is InChI=1S/C14H15F5O2Si/c1-22(20-6-2-3-7-21-22)8-4-5-9-10(15)12(17)14(19)13(18)11(9)16/h2-3H,4-8H2,1H3. The van der Waals surface area contributed by atoms with Crippen molar-refractivity contribution in [3.63, 3.8) is 0 Å². The second kappa shape index (κ2) is 6.89. The van der Waals surface area contributed by atoms with E-state index in [4.69, 9.17) is 8.85 Å². The summed E-state index contributed by atoms with van der Waals surface area (Å²) >= 11 is 0. The third-order valence-electron chi connectivity index (χ3n) is 3.49. The molecule has 1 aromatic carbocycles. The lowest BCUT2D eigenvalue weighted by Gasteiger charge is -2.24. The molecule has 0 aromatic heterocycles. The van der Waals surface area contributed by atoms with Crippen molar-refractivity contribution in [1.82, 2.24) is 0 Å². The van der Waals surface area contributed by atoms with Gasteiger partial charge in [0.2, 0.25) is 5.82 Å². The highest BCUT2D eigenvalue weighted by Crippen LogP contribution is 2.26. The molecule has 2 nitrogen and oxygen atoms in total. The molecule has 0 radical (unpaired) electrons. The first-order valence-electron chi connectivity index (χ1n) is 6.79. The Hall–Kier alpha value is -1.25. The lowest BCUT2D eigenvalue weighted by molar-refractivity contribution is 0.215. The highest BCUT2D eigenvalue weighted by molar-refractivity contribution is 6.66. The molecule has 0 spiro atoms. The lowest BCUT2D eigenvalue weighted by atomic mass is 10.1. The van der Waals surface area contributed by atoms with E-state index in [9.17, 15) is 22.0 Å². The summed E-state index contributed by atoms with van der Waals surface area (Å²) in [6, 6.07) is 0.397. The molecule has 0 atom stereocenters. The predicted molar refractivity (Wildman–Crippen MR) is 72.0 cm³/mol. The maximum absolute atomic E-state index is 13.5. The molecule has 1 aromatic rings. The Morgan fingerprint density at radius 3 is 1.82 bits per heavy atom. The molecule has 0 saturated heterocycles. The van der Waals surface area contributed by atoms with Crippen LogP contribution in [0.1, 0.15) is 12.0 Å². The molecule has 0 bridgehead atoms. The Balaban J connectivity index is 2.06. The molecule has 0 amide bonds. The van der Waals surface area contributed by atoms with Crippen LogP contribution in [-0.2, 0) is 15.3 Å². The molecule has 8 heteroatoms. The van der Waals surface area contributed by atoms with Gasteiger partial charge in [-0.2, -0.15) is 0 Å². The maximum atomic E-state index is 13.5. The average Bonchev–Trinajstić information content (AvgIpc) is 2.72. The minimum atomic E-state index is -2.48. The summed E-state index contributed by atoms with van der Waals surface area (Å²) in [7, 11) is -2.48. The van der Waals surface area contributed by atoms with Gasteiger partial charge in [-0.25, -0.2) is 22.0 Å². The molecule has 2 rings (SSSR count). The van der Waals surface area contributed by atoms with E-state index >= 15 is 0 Å².